The van der Waals surface area contributed by atoms with Crippen LogP contribution in [0.4, 0.5) is 8.78 Å². The van der Waals surface area contributed by atoms with Crippen molar-refractivity contribution in [3.8, 4) is 0 Å². The Balaban J connectivity index is 1.95. The molecule has 0 spiro atoms. The molecule has 24 heavy (non-hydrogen) atoms. The zero-order valence-electron chi connectivity index (χ0n) is 13.0. The first-order chi connectivity index (χ1) is 11.3. The maximum atomic E-state index is 12.9. The van der Waals surface area contributed by atoms with Crippen molar-refractivity contribution in [2.24, 2.45) is 0 Å². The Morgan fingerprint density at radius 2 is 1.50 bits per heavy atom. The van der Waals surface area contributed by atoms with Crippen LogP contribution in [0.25, 0.3) is 0 Å². The molecule has 2 rings (SSSR count). The average molecular weight is 353 g/mol. The van der Waals surface area contributed by atoms with Gasteiger partial charge in [0.1, 0.15) is 16.9 Å². The van der Waals surface area contributed by atoms with Crippen molar-refractivity contribution >= 4 is 15.7 Å². The molecule has 2 aromatic carbocycles. The summed E-state index contributed by atoms with van der Waals surface area (Å²) in [6.07, 6.45) is 0.454. The molecular weight excluding hydrogens is 336 g/mol. The molecule has 1 N–H and O–H groups in total. The van der Waals surface area contributed by atoms with Crippen LogP contribution in [0.5, 0.6) is 0 Å². The largest absolute Gasteiger partial charge is 0.355 e. The number of rotatable bonds is 6. The Bertz CT molecular complexity index is 803. The van der Waals surface area contributed by atoms with E-state index in [1.807, 2.05) is 0 Å². The summed E-state index contributed by atoms with van der Waals surface area (Å²) >= 11 is 0. The van der Waals surface area contributed by atoms with Crippen LogP contribution in [0.1, 0.15) is 12.5 Å². The SMILES string of the molecule is CC(C(=O)NCCc1ccc(F)cc1)S(=O)(=O)c1ccc(F)cc1. The minimum atomic E-state index is -3.88. The molecule has 1 amide bonds. The molecule has 0 fully saturated rings. The highest BCUT2D eigenvalue weighted by Gasteiger charge is 2.29. The fourth-order valence-corrected chi connectivity index (χ4v) is 3.38. The summed E-state index contributed by atoms with van der Waals surface area (Å²) in [5.74, 6) is -1.53. The lowest BCUT2D eigenvalue weighted by Crippen LogP contribution is -2.38. The molecule has 0 heterocycles. The van der Waals surface area contributed by atoms with E-state index in [1.165, 1.54) is 19.1 Å². The van der Waals surface area contributed by atoms with Crippen molar-refractivity contribution in [3.63, 3.8) is 0 Å². The molecule has 0 saturated heterocycles. The molecule has 0 aliphatic carbocycles. The number of carbonyl (C=O) groups is 1. The van der Waals surface area contributed by atoms with Crippen LogP contribution in [0.2, 0.25) is 0 Å². The molecule has 0 bridgehead atoms. The van der Waals surface area contributed by atoms with E-state index in [9.17, 15) is 22.0 Å². The Morgan fingerprint density at radius 1 is 1.00 bits per heavy atom. The van der Waals surface area contributed by atoms with Gasteiger partial charge in [-0.3, -0.25) is 4.79 Å². The van der Waals surface area contributed by atoms with Crippen LogP contribution in [-0.4, -0.2) is 26.1 Å². The van der Waals surface area contributed by atoms with Crippen molar-refractivity contribution < 1.29 is 22.0 Å². The summed E-state index contributed by atoms with van der Waals surface area (Å²) < 4.78 is 50.4. The van der Waals surface area contributed by atoms with Gasteiger partial charge < -0.3 is 5.32 Å². The first-order valence-electron chi connectivity index (χ1n) is 7.32. The molecule has 0 saturated carbocycles. The highest BCUT2D eigenvalue weighted by Crippen LogP contribution is 2.16. The highest BCUT2D eigenvalue weighted by molar-refractivity contribution is 7.92. The highest BCUT2D eigenvalue weighted by atomic mass is 32.2. The Morgan fingerprint density at radius 3 is 2.04 bits per heavy atom. The number of hydrogen-bond donors (Lipinski definition) is 1. The average Bonchev–Trinajstić information content (AvgIpc) is 2.56. The maximum absolute atomic E-state index is 12.9. The van der Waals surface area contributed by atoms with Gasteiger partial charge in [-0.25, -0.2) is 17.2 Å². The van der Waals surface area contributed by atoms with E-state index < -0.39 is 26.8 Å². The van der Waals surface area contributed by atoms with E-state index in [4.69, 9.17) is 0 Å². The molecule has 4 nitrogen and oxygen atoms in total. The lowest BCUT2D eigenvalue weighted by Gasteiger charge is -2.13. The minimum Gasteiger partial charge on any atom is -0.355 e. The molecule has 1 unspecified atom stereocenters. The number of halogens is 2. The van der Waals surface area contributed by atoms with Crippen LogP contribution >= 0.6 is 0 Å². The van der Waals surface area contributed by atoms with Crippen LogP contribution in [-0.2, 0) is 21.1 Å². The van der Waals surface area contributed by atoms with Crippen molar-refractivity contribution in [3.05, 3.63) is 65.7 Å². The molecule has 0 aliphatic heterocycles. The second-order valence-corrected chi connectivity index (χ2v) is 7.58. The second kappa shape index (κ2) is 7.53. The lowest BCUT2D eigenvalue weighted by molar-refractivity contribution is -0.120. The van der Waals surface area contributed by atoms with Gasteiger partial charge in [-0.1, -0.05) is 12.1 Å². The van der Waals surface area contributed by atoms with Crippen molar-refractivity contribution in [2.75, 3.05) is 6.54 Å². The smallest absolute Gasteiger partial charge is 0.238 e. The number of sulfone groups is 1. The van der Waals surface area contributed by atoms with Gasteiger partial charge in [0.15, 0.2) is 9.84 Å². The van der Waals surface area contributed by atoms with Gasteiger partial charge >= 0.3 is 0 Å². The third kappa shape index (κ3) is 4.38. The number of nitrogens with one attached hydrogen (secondary N) is 1. The fourth-order valence-electron chi connectivity index (χ4n) is 2.09. The number of carbonyl (C=O) groups excluding carboxylic acids is 1. The van der Waals surface area contributed by atoms with E-state index in [0.717, 1.165) is 29.8 Å². The minimum absolute atomic E-state index is 0.106. The van der Waals surface area contributed by atoms with Crippen LogP contribution < -0.4 is 5.32 Å². The molecule has 0 aromatic heterocycles. The summed E-state index contributed by atoms with van der Waals surface area (Å²) in [5, 5.41) is 1.25. The van der Waals surface area contributed by atoms with Crippen LogP contribution in [0, 0.1) is 11.6 Å². The molecule has 0 aliphatic rings. The topological polar surface area (TPSA) is 63.2 Å². The van der Waals surface area contributed by atoms with Crippen molar-refractivity contribution in [2.45, 2.75) is 23.5 Å². The molecule has 128 valence electrons. The Kier molecular flexibility index (Phi) is 5.66. The summed E-state index contributed by atoms with van der Waals surface area (Å²) in [4.78, 5) is 11.9. The molecule has 7 heteroatoms. The molecule has 0 radical (unpaired) electrons. The van der Waals surface area contributed by atoms with Crippen LogP contribution in [0.3, 0.4) is 0 Å². The summed E-state index contributed by atoms with van der Waals surface area (Å²) in [5.41, 5.74) is 0.825. The zero-order chi connectivity index (χ0) is 17.7. The standard InChI is InChI=1S/C17H17F2NO3S/c1-12(24(22,23)16-8-6-15(19)7-9-16)17(21)20-11-10-13-2-4-14(18)5-3-13/h2-9,12H,10-11H2,1H3,(H,20,21). The first kappa shape index (κ1) is 18.1. The summed E-state index contributed by atoms with van der Waals surface area (Å²) in [6, 6.07) is 10.2. The quantitative estimate of drug-likeness (QED) is 0.812. The number of amides is 1. The number of hydrogen-bond acceptors (Lipinski definition) is 3. The maximum Gasteiger partial charge on any atom is 0.238 e. The van der Waals surface area contributed by atoms with E-state index in [-0.39, 0.29) is 17.3 Å². The number of benzene rings is 2. The van der Waals surface area contributed by atoms with Gasteiger partial charge in [0.25, 0.3) is 0 Å². The van der Waals surface area contributed by atoms with Gasteiger partial charge in [0, 0.05) is 6.54 Å². The van der Waals surface area contributed by atoms with Gasteiger partial charge in [0.2, 0.25) is 5.91 Å². The Labute approximate surface area is 139 Å². The molecule has 1 atom stereocenters. The third-order valence-electron chi connectivity index (χ3n) is 3.60. The van der Waals surface area contributed by atoms with Gasteiger partial charge in [0.05, 0.1) is 4.90 Å². The predicted molar refractivity (Wildman–Crippen MR) is 86.2 cm³/mol. The van der Waals surface area contributed by atoms with E-state index in [1.54, 1.807) is 12.1 Å². The van der Waals surface area contributed by atoms with Crippen LogP contribution in [0.15, 0.2) is 53.4 Å². The normalized spacial score (nSPS) is 12.6. The van der Waals surface area contributed by atoms with E-state index in [2.05, 4.69) is 5.32 Å². The fraction of sp³-hybridized carbons (Fsp3) is 0.235. The predicted octanol–water partition coefficient (Wildman–Crippen LogP) is 2.49. The van der Waals surface area contributed by atoms with E-state index >= 15 is 0 Å². The van der Waals surface area contributed by atoms with Gasteiger partial charge in [-0.15, -0.1) is 0 Å². The molecular formula is C17H17F2NO3S. The summed E-state index contributed by atoms with van der Waals surface area (Å²) in [6.45, 7) is 1.51. The monoisotopic (exact) mass is 353 g/mol. The zero-order valence-corrected chi connectivity index (χ0v) is 13.8. The van der Waals surface area contributed by atoms with Gasteiger partial charge in [-0.2, -0.15) is 0 Å². The Hall–Kier alpha value is -2.28. The molecule has 2 aromatic rings. The first-order valence-corrected chi connectivity index (χ1v) is 8.87. The van der Waals surface area contributed by atoms with Gasteiger partial charge in [-0.05, 0) is 55.3 Å². The van der Waals surface area contributed by atoms with Crippen molar-refractivity contribution in [1.82, 2.24) is 5.32 Å². The summed E-state index contributed by atoms with van der Waals surface area (Å²) in [7, 11) is -3.88. The lowest BCUT2D eigenvalue weighted by atomic mass is 10.1. The second-order valence-electron chi connectivity index (χ2n) is 5.31. The van der Waals surface area contributed by atoms with Crippen molar-refractivity contribution in [1.29, 1.82) is 0 Å². The third-order valence-corrected chi connectivity index (χ3v) is 5.68. The van der Waals surface area contributed by atoms with E-state index in [0.29, 0.717) is 6.42 Å².